The highest BCUT2D eigenvalue weighted by atomic mass is 16.5. The first kappa shape index (κ1) is 24.2. The van der Waals surface area contributed by atoms with E-state index in [1.54, 1.807) is 24.3 Å². The molecule has 1 aromatic carbocycles. The zero-order chi connectivity index (χ0) is 20.8. The minimum absolute atomic E-state index is 0.381. The minimum Gasteiger partial charge on any atom is -0.462 e. The van der Waals surface area contributed by atoms with E-state index in [0.717, 1.165) is 38.0 Å². The molecule has 0 amide bonds. The monoisotopic (exact) mass is 390 g/mol. The first-order valence-electron chi connectivity index (χ1n) is 10.8. The largest absolute Gasteiger partial charge is 0.462 e. The molecule has 0 saturated heterocycles. The Morgan fingerprint density at radius 3 is 1.64 bits per heavy atom. The van der Waals surface area contributed by atoms with Crippen LogP contribution in [0.5, 0.6) is 0 Å². The van der Waals surface area contributed by atoms with Gasteiger partial charge in [-0.2, -0.15) is 0 Å². The van der Waals surface area contributed by atoms with Crippen LogP contribution in [-0.4, -0.2) is 25.2 Å². The molecule has 0 aliphatic heterocycles. The van der Waals surface area contributed by atoms with Crippen molar-refractivity contribution in [3.63, 3.8) is 0 Å². The number of carbonyl (C=O) groups excluding carboxylic acids is 2. The van der Waals surface area contributed by atoms with Crippen molar-refractivity contribution in [3.05, 3.63) is 35.4 Å². The molecule has 28 heavy (non-hydrogen) atoms. The summed E-state index contributed by atoms with van der Waals surface area (Å²) >= 11 is 0. The van der Waals surface area contributed by atoms with Crippen LogP contribution in [0.1, 0.15) is 99.8 Å². The summed E-state index contributed by atoms with van der Waals surface area (Å²) in [5.41, 5.74) is 0.793. The van der Waals surface area contributed by atoms with Crippen molar-refractivity contribution in [1.29, 1.82) is 0 Å². The number of rotatable bonds is 14. The molecule has 0 unspecified atom stereocenters. The Morgan fingerprint density at radius 1 is 0.714 bits per heavy atom. The lowest BCUT2D eigenvalue weighted by atomic mass is 10.0. The zero-order valence-corrected chi connectivity index (χ0v) is 18.2. The number of ether oxygens (including phenoxy) is 2. The summed E-state index contributed by atoms with van der Waals surface area (Å²) in [4.78, 5) is 24.3. The van der Waals surface area contributed by atoms with Gasteiger partial charge in [-0.15, -0.1) is 0 Å². The second-order valence-corrected chi connectivity index (χ2v) is 8.34. The molecule has 1 rings (SSSR count). The van der Waals surface area contributed by atoms with E-state index in [1.807, 2.05) is 0 Å². The zero-order valence-electron chi connectivity index (χ0n) is 18.2. The number of hydrogen-bond acceptors (Lipinski definition) is 4. The lowest BCUT2D eigenvalue weighted by molar-refractivity contribution is 0.0496. The molecule has 0 bridgehead atoms. The van der Waals surface area contributed by atoms with Crippen molar-refractivity contribution in [3.8, 4) is 0 Å². The molecule has 4 nitrogen and oxygen atoms in total. The maximum atomic E-state index is 12.2. The number of esters is 2. The number of unbranched alkanes of at least 4 members (excludes halogenated alkanes) is 4. The summed E-state index contributed by atoms with van der Waals surface area (Å²) in [5, 5.41) is 0. The maximum Gasteiger partial charge on any atom is 0.338 e. The number of hydrogen-bond donors (Lipinski definition) is 0. The predicted octanol–water partition coefficient (Wildman–Crippen LogP) is 6.43. The Hall–Kier alpha value is -1.84. The van der Waals surface area contributed by atoms with E-state index in [-0.39, 0.29) is 11.9 Å². The predicted molar refractivity (Wildman–Crippen MR) is 114 cm³/mol. The highest BCUT2D eigenvalue weighted by molar-refractivity contribution is 5.95. The second kappa shape index (κ2) is 14.2. The van der Waals surface area contributed by atoms with E-state index in [1.165, 1.54) is 19.3 Å². The lowest BCUT2D eigenvalue weighted by Crippen LogP contribution is -2.10. The number of carbonyl (C=O) groups is 2. The molecule has 0 aliphatic carbocycles. The molecule has 0 aromatic heterocycles. The summed E-state index contributed by atoms with van der Waals surface area (Å²) in [5.74, 6) is 0.647. The van der Waals surface area contributed by atoms with Crippen LogP contribution >= 0.6 is 0 Å². The molecule has 0 heterocycles. The molecule has 0 fully saturated rings. The van der Waals surface area contributed by atoms with Gasteiger partial charge in [0.2, 0.25) is 0 Å². The van der Waals surface area contributed by atoms with Gasteiger partial charge in [0.1, 0.15) is 0 Å². The normalized spacial score (nSPS) is 11.1. The van der Waals surface area contributed by atoms with E-state index in [4.69, 9.17) is 9.47 Å². The van der Waals surface area contributed by atoms with Crippen molar-refractivity contribution >= 4 is 11.9 Å². The van der Waals surface area contributed by atoms with Gasteiger partial charge in [-0.3, -0.25) is 0 Å². The average molecular weight is 391 g/mol. The molecular weight excluding hydrogens is 352 g/mol. The van der Waals surface area contributed by atoms with Gasteiger partial charge in [0.15, 0.2) is 0 Å². The van der Waals surface area contributed by atoms with E-state index in [0.29, 0.717) is 30.3 Å². The van der Waals surface area contributed by atoms with Crippen LogP contribution in [0.4, 0.5) is 0 Å². The Kier molecular flexibility index (Phi) is 12.3. The lowest BCUT2D eigenvalue weighted by Gasteiger charge is -2.08. The standard InChI is InChI=1S/C24H38O4/c1-19(2)12-7-5-6-9-16-27-23(25)21-14-11-15-22(18-21)24(26)28-17-10-8-13-20(3)4/h11,14-15,18-20H,5-10,12-13,16-17H2,1-4H3. The Labute approximate surface area is 171 Å². The van der Waals surface area contributed by atoms with Crippen LogP contribution in [-0.2, 0) is 9.47 Å². The summed E-state index contributed by atoms with van der Waals surface area (Å²) in [6.45, 7) is 9.67. The quantitative estimate of drug-likeness (QED) is 0.271. The van der Waals surface area contributed by atoms with E-state index in [2.05, 4.69) is 27.7 Å². The molecule has 1 aromatic rings. The maximum absolute atomic E-state index is 12.2. The first-order chi connectivity index (χ1) is 13.4. The highest BCUT2D eigenvalue weighted by Gasteiger charge is 2.12. The third-order valence-corrected chi connectivity index (χ3v) is 4.65. The molecule has 0 atom stereocenters. The Morgan fingerprint density at radius 2 is 1.14 bits per heavy atom. The van der Waals surface area contributed by atoms with Crippen molar-refractivity contribution in [1.82, 2.24) is 0 Å². The van der Waals surface area contributed by atoms with Crippen LogP contribution < -0.4 is 0 Å². The van der Waals surface area contributed by atoms with Crippen molar-refractivity contribution in [2.24, 2.45) is 11.8 Å². The van der Waals surface area contributed by atoms with Gasteiger partial charge < -0.3 is 9.47 Å². The van der Waals surface area contributed by atoms with E-state index >= 15 is 0 Å². The van der Waals surface area contributed by atoms with Crippen LogP contribution in [0.3, 0.4) is 0 Å². The van der Waals surface area contributed by atoms with E-state index in [9.17, 15) is 9.59 Å². The van der Waals surface area contributed by atoms with Gasteiger partial charge in [-0.25, -0.2) is 9.59 Å². The Balaban J connectivity index is 2.30. The SMILES string of the molecule is CC(C)CCCCCCOC(=O)c1cccc(C(=O)OCCCCC(C)C)c1. The van der Waals surface area contributed by atoms with Gasteiger partial charge in [0.25, 0.3) is 0 Å². The molecule has 158 valence electrons. The van der Waals surface area contributed by atoms with Crippen LogP contribution in [0.25, 0.3) is 0 Å². The van der Waals surface area contributed by atoms with Crippen LogP contribution in [0, 0.1) is 11.8 Å². The topological polar surface area (TPSA) is 52.6 Å². The molecule has 0 radical (unpaired) electrons. The summed E-state index contributed by atoms with van der Waals surface area (Å²) < 4.78 is 10.6. The van der Waals surface area contributed by atoms with Crippen LogP contribution in [0.15, 0.2) is 24.3 Å². The highest BCUT2D eigenvalue weighted by Crippen LogP contribution is 2.12. The molecule has 0 saturated carbocycles. The summed E-state index contributed by atoms with van der Waals surface area (Å²) in [6.07, 6.45) is 8.65. The second-order valence-electron chi connectivity index (χ2n) is 8.34. The fourth-order valence-corrected chi connectivity index (χ4v) is 2.93. The summed E-state index contributed by atoms with van der Waals surface area (Å²) in [6, 6.07) is 6.59. The number of benzene rings is 1. The summed E-state index contributed by atoms with van der Waals surface area (Å²) in [7, 11) is 0. The molecule has 0 aliphatic rings. The molecule has 4 heteroatoms. The van der Waals surface area contributed by atoms with Gasteiger partial charge in [-0.05, 0) is 49.3 Å². The van der Waals surface area contributed by atoms with Gasteiger partial charge in [0.05, 0.1) is 24.3 Å². The van der Waals surface area contributed by atoms with Gasteiger partial charge >= 0.3 is 11.9 Å². The minimum atomic E-state index is -0.385. The molecular formula is C24H38O4. The smallest absolute Gasteiger partial charge is 0.338 e. The third-order valence-electron chi connectivity index (χ3n) is 4.65. The van der Waals surface area contributed by atoms with Crippen molar-refractivity contribution in [2.45, 2.75) is 79.1 Å². The average Bonchev–Trinajstić information content (AvgIpc) is 2.66. The van der Waals surface area contributed by atoms with Crippen molar-refractivity contribution < 1.29 is 19.1 Å². The van der Waals surface area contributed by atoms with Crippen LogP contribution in [0.2, 0.25) is 0 Å². The Bertz CT molecular complexity index is 578. The van der Waals surface area contributed by atoms with Gasteiger partial charge in [-0.1, -0.05) is 65.9 Å². The molecule has 0 spiro atoms. The van der Waals surface area contributed by atoms with Crippen molar-refractivity contribution in [2.75, 3.05) is 13.2 Å². The fraction of sp³-hybridized carbons (Fsp3) is 0.667. The third kappa shape index (κ3) is 11.1. The first-order valence-corrected chi connectivity index (χ1v) is 10.8. The van der Waals surface area contributed by atoms with E-state index < -0.39 is 0 Å². The molecule has 0 N–H and O–H groups in total. The van der Waals surface area contributed by atoms with Gasteiger partial charge in [0, 0.05) is 0 Å². The fourth-order valence-electron chi connectivity index (χ4n) is 2.93.